The average molecular weight is 253 g/mol. The number of hydrogen-bond acceptors (Lipinski definition) is 4. The molecule has 2 unspecified atom stereocenters. The van der Waals surface area contributed by atoms with Crippen LogP contribution in [0.25, 0.3) is 0 Å². The standard InChI is InChI=1S/C12H19N3O3/c1-8-5-10(18-7-8)9-6-11(15(16)17)13-14(9)12(2,3)4/h6,8,10H,5,7H2,1-4H3. The molecule has 1 aromatic heterocycles. The van der Waals surface area contributed by atoms with Crippen LogP contribution in [0.5, 0.6) is 0 Å². The fourth-order valence-electron chi connectivity index (χ4n) is 2.23. The number of aromatic nitrogens is 2. The van der Waals surface area contributed by atoms with E-state index in [-0.39, 0.29) is 17.5 Å². The van der Waals surface area contributed by atoms with Gasteiger partial charge in [0, 0.05) is 0 Å². The van der Waals surface area contributed by atoms with Crippen LogP contribution >= 0.6 is 0 Å². The summed E-state index contributed by atoms with van der Waals surface area (Å²) in [4.78, 5) is 10.4. The zero-order valence-corrected chi connectivity index (χ0v) is 11.2. The van der Waals surface area contributed by atoms with Crippen LogP contribution in [0.15, 0.2) is 6.07 Å². The Morgan fingerprint density at radius 3 is 2.67 bits per heavy atom. The van der Waals surface area contributed by atoms with Crippen molar-refractivity contribution in [2.24, 2.45) is 5.92 Å². The maximum absolute atomic E-state index is 10.9. The maximum atomic E-state index is 10.9. The summed E-state index contributed by atoms with van der Waals surface area (Å²) in [5.74, 6) is 0.375. The molecule has 100 valence electrons. The molecule has 18 heavy (non-hydrogen) atoms. The highest BCUT2D eigenvalue weighted by Gasteiger charge is 2.34. The van der Waals surface area contributed by atoms with Gasteiger partial charge in [-0.05, 0) is 38.0 Å². The molecule has 1 aromatic rings. The van der Waals surface area contributed by atoms with Crippen LogP contribution in [-0.4, -0.2) is 21.3 Å². The van der Waals surface area contributed by atoms with Gasteiger partial charge >= 0.3 is 5.82 Å². The van der Waals surface area contributed by atoms with Gasteiger partial charge in [0.05, 0.1) is 29.0 Å². The lowest BCUT2D eigenvalue weighted by atomic mass is 10.0. The van der Waals surface area contributed by atoms with E-state index in [2.05, 4.69) is 12.0 Å². The van der Waals surface area contributed by atoms with E-state index in [9.17, 15) is 10.1 Å². The van der Waals surface area contributed by atoms with Crippen LogP contribution in [0.1, 0.15) is 45.9 Å². The fourth-order valence-corrected chi connectivity index (χ4v) is 2.23. The lowest BCUT2D eigenvalue weighted by Crippen LogP contribution is -2.26. The first-order valence-electron chi connectivity index (χ1n) is 6.15. The lowest BCUT2D eigenvalue weighted by molar-refractivity contribution is -0.389. The highest BCUT2D eigenvalue weighted by atomic mass is 16.6. The predicted octanol–water partition coefficient (Wildman–Crippen LogP) is 2.64. The van der Waals surface area contributed by atoms with Crippen molar-refractivity contribution < 1.29 is 9.66 Å². The van der Waals surface area contributed by atoms with Gasteiger partial charge in [-0.25, -0.2) is 0 Å². The summed E-state index contributed by atoms with van der Waals surface area (Å²) in [5, 5.41) is 14.9. The van der Waals surface area contributed by atoms with Crippen LogP contribution < -0.4 is 0 Å². The summed E-state index contributed by atoms with van der Waals surface area (Å²) in [6.45, 7) is 8.75. The summed E-state index contributed by atoms with van der Waals surface area (Å²) in [6, 6.07) is 1.54. The van der Waals surface area contributed by atoms with E-state index >= 15 is 0 Å². The molecule has 0 bridgehead atoms. The van der Waals surface area contributed by atoms with Gasteiger partial charge in [0.1, 0.15) is 6.10 Å². The Morgan fingerprint density at radius 1 is 1.56 bits per heavy atom. The zero-order valence-electron chi connectivity index (χ0n) is 11.2. The van der Waals surface area contributed by atoms with Gasteiger partial charge in [-0.15, -0.1) is 0 Å². The summed E-state index contributed by atoms with van der Waals surface area (Å²) in [6.07, 6.45) is 0.805. The Labute approximate surface area is 106 Å². The second-order valence-corrected chi connectivity index (χ2v) is 5.93. The molecular weight excluding hydrogens is 234 g/mol. The number of rotatable bonds is 2. The smallest absolute Gasteiger partial charge is 0.372 e. The summed E-state index contributed by atoms with van der Waals surface area (Å²) in [7, 11) is 0. The molecule has 0 N–H and O–H groups in total. The number of hydrogen-bond donors (Lipinski definition) is 0. The van der Waals surface area contributed by atoms with Crippen molar-refractivity contribution in [1.29, 1.82) is 0 Å². The normalized spacial score (nSPS) is 24.4. The fraction of sp³-hybridized carbons (Fsp3) is 0.750. The largest absolute Gasteiger partial charge is 0.390 e. The predicted molar refractivity (Wildman–Crippen MR) is 66.4 cm³/mol. The van der Waals surface area contributed by atoms with Crippen molar-refractivity contribution in [3.8, 4) is 0 Å². The van der Waals surface area contributed by atoms with Gasteiger partial charge in [-0.2, -0.15) is 4.68 Å². The first-order chi connectivity index (χ1) is 8.29. The second-order valence-electron chi connectivity index (χ2n) is 5.93. The zero-order chi connectivity index (χ0) is 13.5. The van der Waals surface area contributed by atoms with Crippen molar-refractivity contribution in [2.45, 2.75) is 45.8 Å². The van der Waals surface area contributed by atoms with Crippen LogP contribution in [0, 0.1) is 16.0 Å². The quantitative estimate of drug-likeness (QED) is 0.600. The lowest BCUT2D eigenvalue weighted by Gasteiger charge is -2.20. The van der Waals surface area contributed by atoms with Gasteiger partial charge in [-0.3, -0.25) is 0 Å². The monoisotopic (exact) mass is 253 g/mol. The topological polar surface area (TPSA) is 70.2 Å². The van der Waals surface area contributed by atoms with E-state index in [1.807, 2.05) is 20.8 Å². The van der Waals surface area contributed by atoms with Gasteiger partial charge in [0.2, 0.25) is 0 Å². The number of nitro groups is 1. The molecule has 0 radical (unpaired) electrons. The maximum Gasteiger partial charge on any atom is 0.390 e. The van der Waals surface area contributed by atoms with E-state index in [4.69, 9.17) is 4.74 Å². The second kappa shape index (κ2) is 4.35. The molecule has 2 atom stereocenters. The Balaban J connectivity index is 2.41. The van der Waals surface area contributed by atoms with Gasteiger partial charge in [0.25, 0.3) is 0 Å². The molecular formula is C12H19N3O3. The van der Waals surface area contributed by atoms with Crippen LogP contribution in [0.2, 0.25) is 0 Å². The van der Waals surface area contributed by atoms with Crippen LogP contribution in [-0.2, 0) is 10.3 Å². The van der Waals surface area contributed by atoms with Crippen molar-refractivity contribution in [3.05, 3.63) is 21.9 Å². The molecule has 1 aliphatic heterocycles. The molecule has 1 fully saturated rings. The Kier molecular flexibility index (Phi) is 3.14. The third kappa shape index (κ3) is 2.38. The summed E-state index contributed by atoms with van der Waals surface area (Å²) >= 11 is 0. The number of ether oxygens (including phenoxy) is 1. The summed E-state index contributed by atoms with van der Waals surface area (Å²) < 4.78 is 7.41. The summed E-state index contributed by atoms with van der Waals surface area (Å²) in [5.41, 5.74) is 0.511. The van der Waals surface area contributed by atoms with Crippen LogP contribution in [0.3, 0.4) is 0 Å². The molecule has 2 heterocycles. The van der Waals surface area contributed by atoms with Gasteiger partial charge in [0.15, 0.2) is 0 Å². The van der Waals surface area contributed by atoms with Crippen LogP contribution in [0.4, 0.5) is 5.82 Å². The highest BCUT2D eigenvalue weighted by Crippen LogP contribution is 2.35. The molecule has 1 saturated heterocycles. The van der Waals surface area contributed by atoms with Gasteiger partial charge in [-0.1, -0.05) is 6.92 Å². The molecule has 0 aliphatic carbocycles. The van der Waals surface area contributed by atoms with Crippen molar-refractivity contribution in [2.75, 3.05) is 6.61 Å². The number of nitrogens with zero attached hydrogens (tertiary/aromatic N) is 3. The van der Waals surface area contributed by atoms with E-state index < -0.39 is 4.92 Å². The van der Waals surface area contributed by atoms with Crippen molar-refractivity contribution >= 4 is 5.82 Å². The molecule has 1 aliphatic rings. The first-order valence-corrected chi connectivity index (χ1v) is 6.15. The van der Waals surface area contributed by atoms with Crippen molar-refractivity contribution in [3.63, 3.8) is 0 Å². The first kappa shape index (κ1) is 13.0. The molecule has 2 rings (SSSR count). The van der Waals surface area contributed by atoms with E-state index in [0.29, 0.717) is 12.5 Å². The minimum Gasteiger partial charge on any atom is -0.372 e. The molecule has 0 spiro atoms. The third-order valence-corrected chi connectivity index (χ3v) is 3.07. The SMILES string of the molecule is CC1COC(c2cc([N+](=O)[O-])nn2C(C)(C)C)C1. The molecule has 0 amide bonds. The molecule has 0 saturated carbocycles. The Morgan fingerprint density at radius 2 is 2.22 bits per heavy atom. The highest BCUT2D eigenvalue weighted by molar-refractivity contribution is 5.25. The molecule has 6 nitrogen and oxygen atoms in total. The minimum atomic E-state index is -0.454. The average Bonchev–Trinajstić information content (AvgIpc) is 2.81. The van der Waals surface area contributed by atoms with E-state index in [1.165, 1.54) is 6.07 Å². The van der Waals surface area contributed by atoms with Gasteiger partial charge < -0.3 is 14.9 Å². The van der Waals surface area contributed by atoms with Crippen molar-refractivity contribution in [1.82, 2.24) is 9.78 Å². The third-order valence-electron chi connectivity index (χ3n) is 3.07. The Hall–Kier alpha value is -1.43. The minimum absolute atomic E-state index is 0.0829. The van der Waals surface area contributed by atoms with E-state index in [1.54, 1.807) is 4.68 Å². The molecule has 0 aromatic carbocycles. The molecule has 6 heteroatoms. The Bertz CT molecular complexity index is 462. The van der Waals surface area contributed by atoms with E-state index in [0.717, 1.165) is 12.1 Å².